The molecule has 30 heavy (non-hydrogen) atoms. The highest BCUT2D eigenvalue weighted by Crippen LogP contribution is 2.29. The molecule has 0 saturated heterocycles. The van der Waals surface area contributed by atoms with Crippen LogP contribution < -0.4 is 14.8 Å². The standard InChI is InChI=1S/C24H30N2O4/c1-4-29-22-10-18(12-24(27)28)11-23(14-22)30-21-7-5-6-19(13-21)20(15-25)16-26-9-8-17(2)3/h5-7,10-11,13-17,25-26H,4,8-9,12H2,1-3H3,(H,27,28)/b20-16+,25-15?. The van der Waals surface area contributed by atoms with Gasteiger partial charge in [-0.2, -0.15) is 0 Å². The molecule has 2 aromatic rings. The Morgan fingerprint density at radius 3 is 2.60 bits per heavy atom. The summed E-state index contributed by atoms with van der Waals surface area (Å²) in [5, 5.41) is 20.1. The summed E-state index contributed by atoms with van der Waals surface area (Å²) in [4.78, 5) is 11.1. The van der Waals surface area contributed by atoms with Gasteiger partial charge in [0.15, 0.2) is 0 Å². The fourth-order valence-corrected chi connectivity index (χ4v) is 2.85. The molecular weight excluding hydrogens is 380 g/mol. The molecule has 0 aliphatic heterocycles. The van der Waals surface area contributed by atoms with Gasteiger partial charge in [0, 0.05) is 30.6 Å². The minimum absolute atomic E-state index is 0.111. The number of aliphatic carboxylic acids is 1. The molecule has 6 nitrogen and oxygen atoms in total. The molecular formula is C24H30N2O4. The lowest BCUT2D eigenvalue weighted by atomic mass is 10.1. The summed E-state index contributed by atoms with van der Waals surface area (Å²) in [7, 11) is 0. The summed E-state index contributed by atoms with van der Waals surface area (Å²) in [6, 6.07) is 12.6. The van der Waals surface area contributed by atoms with Crippen molar-refractivity contribution in [3.63, 3.8) is 0 Å². The Hall–Kier alpha value is -3.28. The van der Waals surface area contributed by atoms with Gasteiger partial charge in [-0.25, -0.2) is 0 Å². The molecule has 0 saturated carbocycles. The molecule has 0 bridgehead atoms. The van der Waals surface area contributed by atoms with Crippen LogP contribution in [0.1, 0.15) is 38.3 Å². The van der Waals surface area contributed by atoms with Crippen molar-refractivity contribution in [2.45, 2.75) is 33.6 Å². The van der Waals surface area contributed by atoms with E-state index < -0.39 is 5.97 Å². The lowest BCUT2D eigenvalue weighted by molar-refractivity contribution is -0.136. The second-order valence-electron chi connectivity index (χ2n) is 7.33. The van der Waals surface area contributed by atoms with Crippen LogP contribution in [0.2, 0.25) is 0 Å². The molecule has 0 atom stereocenters. The fraction of sp³-hybridized carbons (Fsp3) is 0.333. The number of ether oxygens (including phenoxy) is 2. The number of hydrogen-bond donors (Lipinski definition) is 3. The second kappa shape index (κ2) is 11.7. The number of rotatable bonds is 12. The number of benzene rings is 2. The van der Waals surface area contributed by atoms with Crippen molar-refractivity contribution in [2.75, 3.05) is 13.2 Å². The van der Waals surface area contributed by atoms with Gasteiger partial charge < -0.3 is 25.3 Å². The number of nitrogens with one attached hydrogen (secondary N) is 2. The van der Waals surface area contributed by atoms with E-state index >= 15 is 0 Å². The van der Waals surface area contributed by atoms with Gasteiger partial charge in [-0.1, -0.05) is 26.0 Å². The largest absolute Gasteiger partial charge is 0.494 e. The second-order valence-corrected chi connectivity index (χ2v) is 7.33. The molecule has 0 fully saturated rings. The Kier molecular flexibility index (Phi) is 8.94. The van der Waals surface area contributed by atoms with Crippen molar-refractivity contribution in [3.05, 3.63) is 59.8 Å². The summed E-state index contributed by atoms with van der Waals surface area (Å²) in [5.41, 5.74) is 2.21. The molecule has 0 spiro atoms. The topological polar surface area (TPSA) is 91.6 Å². The minimum Gasteiger partial charge on any atom is -0.494 e. The van der Waals surface area contributed by atoms with E-state index in [2.05, 4.69) is 19.2 Å². The smallest absolute Gasteiger partial charge is 0.307 e. The van der Waals surface area contributed by atoms with Crippen LogP contribution in [0.3, 0.4) is 0 Å². The summed E-state index contributed by atoms with van der Waals surface area (Å²) < 4.78 is 11.5. The van der Waals surface area contributed by atoms with Crippen LogP contribution >= 0.6 is 0 Å². The fourth-order valence-electron chi connectivity index (χ4n) is 2.85. The number of carbonyl (C=O) groups is 1. The first-order valence-electron chi connectivity index (χ1n) is 10.1. The van der Waals surface area contributed by atoms with Crippen LogP contribution in [0.4, 0.5) is 0 Å². The first-order valence-corrected chi connectivity index (χ1v) is 10.1. The molecule has 6 heteroatoms. The van der Waals surface area contributed by atoms with Crippen molar-refractivity contribution >= 4 is 17.8 Å². The zero-order chi connectivity index (χ0) is 21.9. The van der Waals surface area contributed by atoms with Crippen molar-refractivity contribution in [2.24, 2.45) is 5.92 Å². The highest BCUT2D eigenvalue weighted by atomic mass is 16.5. The van der Waals surface area contributed by atoms with Crippen LogP contribution in [-0.2, 0) is 11.2 Å². The van der Waals surface area contributed by atoms with Crippen LogP contribution in [-0.4, -0.2) is 30.4 Å². The molecule has 0 unspecified atom stereocenters. The van der Waals surface area contributed by atoms with E-state index in [-0.39, 0.29) is 6.42 Å². The van der Waals surface area contributed by atoms with E-state index in [4.69, 9.17) is 20.0 Å². The van der Waals surface area contributed by atoms with Crippen LogP contribution in [0.25, 0.3) is 5.57 Å². The molecule has 2 rings (SSSR count). The quantitative estimate of drug-likeness (QED) is 0.333. The Morgan fingerprint density at radius 2 is 1.93 bits per heavy atom. The molecule has 3 N–H and O–H groups in total. The Bertz CT molecular complexity index is 891. The predicted molar refractivity (Wildman–Crippen MR) is 120 cm³/mol. The maximum atomic E-state index is 11.1. The third-order valence-corrected chi connectivity index (χ3v) is 4.29. The third kappa shape index (κ3) is 7.62. The van der Waals surface area contributed by atoms with Crippen LogP contribution in [0, 0.1) is 11.3 Å². The number of carboxylic acid groups (broad SMARTS) is 1. The average molecular weight is 411 g/mol. The van der Waals surface area contributed by atoms with Gasteiger partial charge >= 0.3 is 5.97 Å². The molecule has 2 aromatic carbocycles. The van der Waals surface area contributed by atoms with E-state index in [1.54, 1.807) is 18.2 Å². The maximum absolute atomic E-state index is 11.1. The van der Waals surface area contributed by atoms with Crippen molar-refractivity contribution in [1.82, 2.24) is 5.32 Å². The monoisotopic (exact) mass is 410 g/mol. The Balaban J connectivity index is 2.21. The third-order valence-electron chi connectivity index (χ3n) is 4.29. The zero-order valence-electron chi connectivity index (χ0n) is 17.8. The SMILES string of the molecule is CCOc1cc(CC(=O)O)cc(Oc2cccc(/C(C=N)=C/NCCC(C)C)c2)c1. The van der Waals surface area contributed by atoms with E-state index in [1.165, 1.54) is 6.21 Å². The van der Waals surface area contributed by atoms with Crippen molar-refractivity contribution < 1.29 is 19.4 Å². The van der Waals surface area contributed by atoms with Gasteiger partial charge in [-0.3, -0.25) is 4.79 Å². The first kappa shape index (κ1) is 23.0. The van der Waals surface area contributed by atoms with E-state index in [0.29, 0.717) is 35.3 Å². The maximum Gasteiger partial charge on any atom is 0.307 e. The van der Waals surface area contributed by atoms with Gasteiger partial charge in [0.1, 0.15) is 17.2 Å². The summed E-state index contributed by atoms with van der Waals surface area (Å²) in [6.45, 7) is 7.54. The average Bonchev–Trinajstić information content (AvgIpc) is 2.67. The van der Waals surface area contributed by atoms with Crippen molar-refractivity contribution in [3.8, 4) is 17.2 Å². The summed E-state index contributed by atoms with van der Waals surface area (Å²) in [5.74, 6) is 1.37. The number of allylic oxidation sites excluding steroid dienone is 1. The van der Waals surface area contributed by atoms with Gasteiger partial charge in [0.05, 0.1) is 13.0 Å². The van der Waals surface area contributed by atoms with E-state index in [0.717, 1.165) is 24.1 Å². The summed E-state index contributed by atoms with van der Waals surface area (Å²) >= 11 is 0. The highest BCUT2D eigenvalue weighted by molar-refractivity contribution is 6.08. The van der Waals surface area contributed by atoms with Crippen molar-refractivity contribution in [1.29, 1.82) is 5.41 Å². The van der Waals surface area contributed by atoms with Crippen LogP contribution in [0.5, 0.6) is 17.2 Å². The summed E-state index contributed by atoms with van der Waals surface area (Å²) in [6.07, 6.45) is 4.09. The predicted octanol–water partition coefficient (Wildman–Crippen LogP) is 5.13. The number of hydrogen-bond acceptors (Lipinski definition) is 5. The van der Waals surface area contributed by atoms with E-state index in [1.807, 2.05) is 37.4 Å². The Morgan fingerprint density at radius 1 is 1.17 bits per heavy atom. The normalized spacial score (nSPS) is 11.3. The Labute approximate surface area is 178 Å². The molecule has 0 aromatic heterocycles. The lowest BCUT2D eigenvalue weighted by Gasteiger charge is -2.12. The lowest BCUT2D eigenvalue weighted by Crippen LogP contribution is -2.10. The zero-order valence-corrected chi connectivity index (χ0v) is 17.8. The van der Waals surface area contributed by atoms with Gasteiger partial charge in [0.2, 0.25) is 0 Å². The molecule has 0 heterocycles. The molecule has 0 radical (unpaired) electrons. The van der Waals surface area contributed by atoms with Gasteiger partial charge in [-0.05, 0) is 54.7 Å². The molecule has 0 amide bonds. The van der Waals surface area contributed by atoms with E-state index in [9.17, 15) is 4.79 Å². The molecule has 0 aliphatic carbocycles. The first-order chi connectivity index (χ1) is 14.4. The number of carboxylic acids is 1. The van der Waals surface area contributed by atoms with Gasteiger partial charge in [-0.15, -0.1) is 0 Å². The minimum atomic E-state index is -0.915. The molecule has 0 aliphatic rings. The van der Waals surface area contributed by atoms with Crippen LogP contribution in [0.15, 0.2) is 48.7 Å². The molecule has 160 valence electrons. The highest BCUT2D eigenvalue weighted by Gasteiger charge is 2.09. The van der Waals surface area contributed by atoms with Gasteiger partial charge in [0.25, 0.3) is 0 Å².